The summed E-state index contributed by atoms with van der Waals surface area (Å²) in [6.45, 7) is 6.68. The monoisotopic (exact) mass is 278 g/mol. The highest BCUT2D eigenvalue weighted by Crippen LogP contribution is 2.33. The van der Waals surface area contributed by atoms with Crippen molar-refractivity contribution in [2.24, 2.45) is 0 Å². The molecule has 20 heavy (non-hydrogen) atoms. The summed E-state index contributed by atoms with van der Waals surface area (Å²) >= 11 is 0. The molecule has 1 saturated heterocycles. The third kappa shape index (κ3) is 3.49. The van der Waals surface area contributed by atoms with Crippen LogP contribution in [0.5, 0.6) is 0 Å². The fourth-order valence-corrected chi connectivity index (χ4v) is 2.32. The van der Waals surface area contributed by atoms with E-state index in [1.165, 1.54) is 0 Å². The number of rotatable bonds is 2. The van der Waals surface area contributed by atoms with E-state index in [0.717, 1.165) is 12.1 Å². The summed E-state index contributed by atoms with van der Waals surface area (Å²) < 4.78 is 5.24. The van der Waals surface area contributed by atoms with Gasteiger partial charge in [0.25, 0.3) is 0 Å². The average Bonchev–Trinajstić information content (AvgIpc) is 2.75. The van der Waals surface area contributed by atoms with Gasteiger partial charge in [-0.1, -0.05) is 18.2 Å². The van der Waals surface area contributed by atoms with Crippen LogP contribution in [-0.2, 0) is 10.3 Å². The molecular formula is C15H22N2O3. The largest absolute Gasteiger partial charge is 0.444 e. The van der Waals surface area contributed by atoms with Crippen molar-refractivity contribution in [3.05, 3.63) is 29.8 Å². The number of β-amino-alcohol motifs (C(OH)–C–C–N with tert-alkyl or cyclic N) is 1. The molecule has 0 aromatic heterocycles. The smallest absolute Gasteiger partial charge is 0.412 e. The lowest BCUT2D eigenvalue weighted by atomic mass is 9.91. The second kappa shape index (κ2) is 5.42. The summed E-state index contributed by atoms with van der Waals surface area (Å²) in [5, 5.41) is 16.5. The van der Waals surface area contributed by atoms with Gasteiger partial charge in [0.1, 0.15) is 11.2 Å². The van der Waals surface area contributed by atoms with Gasteiger partial charge in [0.2, 0.25) is 0 Å². The fraction of sp³-hybridized carbons (Fsp3) is 0.533. The predicted octanol–water partition coefficient (Wildman–Crippen LogP) is 2.21. The van der Waals surface area contributed by atoms with Crippen LogP contribution in [0.25, 0.3) is 0 Å². The predicted molar refractivity (Wildman–Crippen MR) is 77.7 cm³/mol. The number of benzene rings is 1. The van der Waals surface area contributed by atoms with Crippen molar-refractivity contribution in [1.82, 2.24) is 5.32 Å². The van der Waals surface area contributed by atoms with E-state index in [-0.39, 0.29) is 0 Å². The lowest BCUT2D eigenvalue weighted by molar-refractivity contribution is 0.0583. The first-order valence-electron chi connectivity index (χ1n) is 6.83. The number of hydrogen-bond acceptors (Lipinski definition) is 4. The average molecular weight is 278 g/mol. The van der Waals surface area contributed by atoms with E-state index in [1.807, 2.05) is 39.0 Å². The van der Waals surface area contributed by atoms with Crippen LogP contribution in [0.3, 0.4) is 0 Å². The SMILES string of the molecule is CC(C)(C)OC(=O)Nc1ccccc1C1(O)CCNC1. The van der Waals surface area contributed by atoms with Crippen molar-refractivity contribution in [2.75, 3.05) is 18.4 Å². The Bertz CT molecular complexity index is 488. The Morgan fingerprint density at radius 1 is 1.40 bits per heavy atom. The van der Waals surface area contributed by atoms with Crippen LogP contribution in [0.2, 0.25) is 0 Å². The van der Waals surface area contributed by atoms with Crippen molar-refractivity contribution in [3.8, 4) is 0 Å². The third-order valence-corrected chi connectivity index (χ3v) is 3.20. The molecule has 1 fully saturated rings. The summed E-state index contributed by atoms with van der Waals surface area (Å²) in [5.41, 5.74) is -0.181. The van der Waals surface area contributed by atoms with Gasteiger partial charge in [-0.25, -0.2) is 4.79 Å². The molecule has 5 nitrogen and oxygen atoms in total. The number of hydrogen-bond donors (Lipinski definition) is 3. The standard InChI is InChI=1S/C15H22N2O3/c1-14(2,3)20-13(18)17-12-7-5-4-6-11(12)15(19)8-9-16-10-15/h4-7,16,19H,8-10H2,1-3H3,(H,17,18). The molecule has 1 aliphatic heterocycles. The topological polar surface area (TPSA) is 70.6 Å². The maximum atomic E-state index is 11.9. The molecule has 110 valence electrons. The molecule has 0 spiro atoms. The van der Waals surface area contributed by atoms with Crippen molar-refractivity contribution in [2.45, 2.75) is 38.4 Å². The second-order valence-corrected chi connectivity index (χ2v) is 6.13. The second-order valence-electron chi connectivity index (χ2n) is 6.13. The van der Waals surface area contributed by atoms with E-state index in [1.54, 1.807) is 6.07 Å². The summed E-state index contributed by atoms with van der Waals surface area (Å²) in [6, 6.07) is 7.28. The van der Waals surface area contributed by atoms with E-state index in [4.69, 9.17) is 4.74 Å². The van der Waals surface area contributed by atoms with Crippen LogP contribution in [0.1, 0.15) is 32.8 Å². The zero-order chi connectivity index (χ0) is 14.8. The molecule has 3 N–H and O–H groups in total. The summed E-state index contributed by atoms with van der Waals surface area (Å²) in [5.74, 6) is 0. The molecule has 1 aliphatic rings. The van der Waals surface area contributed by atoms with Crippen LogP contribution >= 0.6 is 0 Å². The Morgan fingerprint density at radius 3 is 2.70 bits per heavy atom. The minimum atomic E-state index is -0.939. The quantitative estimate of drug-likeness (QED) is 0.775. The van der Waals surface area contributed by atoms with Gasteiger partial charge in [-0.15, -0.1) is 0 Å². The first kappa shape index (κ1) is 14.8. The van der Waals surface area contributed by atoms with Crippen LogP contribution in [0.15, 0.2) is 24.3 Å². The van der Waals surface area contributed by atoms with Gasteiger partial charge >= 0.3 is 6.09 Å². The van der Waals surface area contributed by atoms with E-state index in [2.05, 4.69) is 10.6 Å². The fourth-order valence-electron chi connectivity index (χ4n) is 2.32. The maximum absolute atomic E-state index is 11.9. The van der Waals surface area contributed by atoms with Crippen LogP contribution in [0, 0.1) is 0 Å². The summed E-state index contributed by atoms with van der Waals surface area (Å²) in [7, 11) is 0. The minimum absolute atomic E-state index is 0.486. The summed E-state index contributed by atoms with van der Waals surface area (Å²) in [6.07, 6.45) is 0.111. The Kier molecular flexibility index (Phi) is 4.01. The molecule has 5 heteroatoms. The number of carbonyl (C=O) groups is 1. The highest BCUT2D eigenvalue weighted by molar-refractivity contribution is 5.86. The lowest BCUT2D eigenvalue weighted by Crippen LogP contribution is -2.31. The normalized spacial score (nSPS) is 22.6. The molecule has 1 aromatic rings. The van der Waals surface area contributed by atoms with Gasteiger partial charge < -0.3 is 15.2 Å². The van der Waals surface area contributed by atoms with Gasteiger partial charge in [-0.2, -0.15) is 0 Å². The zero-order valence-electron chi connectivity index (χ0n) is 12.2. The first-order chi connectivity index (χ1) is 9.30. The Hall–Kier alpha value is -1.59. The molecule has 1 heterocycles. The molecule has 0 saturated carbocycles. The van der Waals surface area contributed by atoms with Gasteiger partial charge in [0.15, 0.2) is 0 Å². The van der Waals surface area contributed by atoms with Gasteiger partial charge in [0.05, 0.1) is 5.69 Å². The number of nitrogens with one attached hydrogen (secondary N) is 2. The van der Waals surface area contributed by atoms with E-state index >= 15 is 0 Å². The van der Waals surface area contributed by atoms with Gasteiger partial charge in [-0.05, 0) is 39.8 Å². The number of amides is 1. The van der Waals surface area contributed by atoms with E-state index in [9.17, 15) is 9.90 Å². The zero-order valence-corrected chi connectivity index (χ0v) is 12.2. The molecule has 1 aromatic carbocycles. The number of anilines is 1. The summed E-state index contributed by atoms with van der Waals surface area (Å²) in [4.78, 5) is 11.9. The third-order valence-electron chi connectivity index (χ3n) is 3.20. The van der Waals surface area contributed by atoms with Crippen LogP contribution in [0.4, 0.5) is 10.5 Å². The number of carbonyl (C=O) groups excluding carboxylic acids is 1. The van der Waals surface area contributed by atoms with E-state index in [0.29, 0.717) is 18.7 Å². The van der Waals surface area contributed by atoms with Crippen molar-refractivity contribution in [1.29, 1.82) is 0 Å². The molecule has 0 radical (unpaired) electrons. The molecule has 0 aliphatic carbocycles. The van der Waals surface area contributed by atoms with Crippen molar-refractivity contribution < 1.29 is 14.6 Å². The van der Waals surface area contributed by atoms with Crippen LogP contribution in [-0.4, -0.2) is 29.9 Å². The van der Waals surface area contributed by atoms with Crippen molar-refractivity contribution >= 4 is 11.8 Å². The molecule has 0 bridgehead atoms. The molecular weight excluding hydrogens is 256 g/mol. The Balaban J connectivity index is 2.18. The Labute approximate surface area is 119 Å². The maximum Gasteiger partial charge on any atom is 0.412 e. The number of para-hydroxylation sites is 1. The molecule has 2 rings (SSSR count). The molecule has 1 atom stereocenters. The Morgan fingerprint density at radius 2 is 2.10 bits per heavy atom. The molecule has 1 unspecified atom stereocenters. The lowest BCUT2D eigenvalue weighted by Gasteiger charge is -2.26. The number of ether oxygens (including phenoxy) is 1. The molecule has 1 amide bonds. The highest BCUT2D eigenvalue weighted by Gasteiger charge is 2.35. The van der Waals surface area contributed by atoms with Gasteiger partial charge in [-0.3, -0.25) is 5.32 Å². The first-order valence-corrected chi connectivity index (χ1v) is 6.83. The highest BCUT2D eigenvalue weighted by atomic mass is 16.6. The van der Waals surface area contributed by atoms with Gasteiger partial charge in [0, 0.05) is 12.1 Å². The minimum Gasteiger partial charge on any atom is -0.444 e. The van der Waals surface area contributed by atoms with Crippen LogP contribution < -0.4 is 10.6 Å². The van der Waals surface area contributed by atoms with E-state index < -0.39 is 17.3 Å². The number of aliphatic hydroxyl groups is 1. The van der Waals surface area contributed by atoms with Crippen molar-refractivity contribution in [3.63, 3.8) is 0 Å².